The maximum Gasteiger partial charge on any atom is 0.292 e. The molecular formula is C12H16N2O2. The number of benzene rings is 1. The number of aryl methyl sites for hydroxylation is 1. The molecule has 0 aliphatic heterocycles. The minimum Gasteiger partial charge on any atom is -0.385 e. The van der Waals surface area contributed by atoms with Gasteiger partial charge in [-0.15, -0.1) is 0 Å². The zero-order valence-electron chi connectivity index (χ0n) is 9.56. The quantitative estimate of drug-likeness (QED) is 0.471. The maximum absolute atomic E-state index is 10.9. The Morgan fingerprint density at radius 3 is 2.56 bits per heavy atom. The van der Waals surface area contributed by atoms with Crippen LogP contribution in [0.15, 0.2) is 30.5 Å². The average Bonchev–Trinajstić information content (AvgIpc) is 2.26. The van der Waals surface area contributed by atoms with E-state index < -0.39 is 0 Å². The zero-order chi connectivity index (χ0) is 12.0. The van der Waals surface area contributed by atoms with Gasteiger partial charge < -0.3 is 5.32 Å². The van der Waals surface area contributed by atoms with Gasteiger partial charge in [0.05, 0.1) is 16.7 Å². The summed E-state index contributed by atoms with van der Waals surface area (Å²) >= 11 is 0. The first-order valence-corrected chi connectivity index (χ1v) is 5.30. The van der Waals surface area contributed by atoms with E-state index in [1.165, 1.54) is 6.20 Å². The third kappa shape index (κ3) is 3.38. The average molecular weight is 220 g/mol. The Morgan fingerprint density at radius 1 is 1.44 bits per heavy atom. The molecular weight excluding hydrogens is 204 g/mol. The van der Waals surface area contributed by atoms with Gasteiger partial charge in [0, 0.05) is 6.54 Å². The summed E-state index contributed by atoms with van der Waals surface area (Å²) in [5, 5.41) is 13.8. The van der Waals surface area contributed by atoms with Gasteiger partial charge in [0.15, 0.2) is 0 Å². The molecule has 1 rings (SSSR count). The van der Waals surface area contributed by atoms with Crippen molar-refractivity contribution < 1.29 is 4.92 Å². The molecule has 1 N–H and O–H groups in total. The summed E-state index contributed by atoms with van der Waals surface area (Å²) in [6.07, 6.45) is 2.41. The van der Waals surface area contributed by atoms with Gasteiger partial charge in [-0.1, -0.05) is 24.6 Å². The van der Waals surface area contributed by atoms with E-state index in [0.717, 1.165) is 18.5 Å². The summed E-state index contributed by atoms with van der Waals surface area (Å²) in [7, 11) is 0. The SMILES string of the molecule is CCCN/C=C(/c1ccc(C)cc1)[N+](=O)[O-]. The molecule has 0 atom stereocenters. The summed E-state index contributed by atoms with van der Waals surface area (Å²) in [5.41, 5.74) is 1.82. The molecule has 0 aliphatic rings. The van der Waals surface area contributed by atoms with E-state index in [-0.39, 0.29) is 10.6 Å². The predicted molar refractivity (Wildman–Crippen MR) is 64.4 cm³/mol. The molecule has 0 aliphatic carbocycles. The normalized spacial score (nSPS) is 11.2. The van der Waals surface area contributed by atoms with E-state index >= 15 is 0 Å². The highest BCUT2D eigenvalue weighted by atomic mass is 16.6. The molecule has 16 heavy (non-hydrogen) atoms. The summed E-state index contributed by atoms with van der Waals surface area (Å²) in [5.74, 6) is 0. The maximum atomic E-state index is 10.9. The van der Waals surface area contributed by atoms with Crippen LogP contribution in [0.5, 0.6) is 0 Å². The van der Waals surface area contributed by atoms with Crippen LogP contribution in [0.25, 0.3) is 5.70 Å². The molecule has 0 spiro atoms. The van der Waals surface area contributed by atoms with E-state index in [1.54, 1.807) is 12.1 Å². The van der Waals surface area contributed by atoms with Gasteiger partial charge in [0.1, 0.15) is 0 Å². The Hall–Kier alpha value is -1.84. The topological polar surface area (TPSA) is 55.2 Å². The Labute approximate surface area is 95.1 Å². The largest absolute Gasteiger partial charge is 0.385 e. The lowest BCUT2D eigenvalue weighted by Crippen LogP contribution is -2.09. The fourth-order valence-corrected chi connectivity index (χ4v) is 1.28. The Bertz CT molecular complexity index is 383. The predicted octanol–water partition coefficient (Wildman–Crippen LogP) is 2.57. The molecule has 0 aromatic heterocycles. The van der Waals surface area contributed by atoms with Crippen LogP contribution < -0.4 is 5.32 Å². The molecule has 0 radical (unpaired) electrons. The smallest absolute Gasteiger partial charge is 0.292 e. The number of nitro groups is 1. The van der Waals surface area contributed by atoms with Gasteiger partial charge in [-0.3, -0.25) is 10.1 Å². The lowest BCUT2D eigenvalue weighted by atomic mass is 10.1. The van der Waals surface area contributed by atoms with Gasteiger partial charge >= 0.3 is 0 Å². The monoisotopic (exact) mass is 220 g/mol. The molecule has 0 saturated heterocycles. The Morgan fingerprint density at radius 2 is 2.06 bits per heavy atom. The molecule has 0 heterocycles. The van der Waals surface area contributed by atoms with Crippen molar-refractivity contribution in [2.24, 2.45) is 0 Å². The first-order chi connectivity index (χ1) is 7.65. The molecule has 1 aromatic carbocycles. The standard InChI is InChI=1S/C12H16N2O2/c1-3-8-13-9-12(14(15)16)11-6-4-10(2)5-7-11/h4-7,9,13H,3,8H2,1-2H3/b12-9-. The lowest BCUT2D eigenvalue weighted by molar-refractivity contribution is -0.375. The molecule has 4 nitrogen and oxygen atoms in total. The third-order valence-electron chi connectivity index (χ3n) is 2.18. The summed E-state index contributed by atoms with van der Waals surface area (Å²) in [6, 6.07) is 7.26. The Kier molecular flexibility index (Phi) is 4.51. The second kappa shape index (κ2) is 5.90. The fourth-order valence-electron chi connectivity index (χ4n) is 1.28. The highest BCUT2D eigenvalue weighted by molar-refractivity contribution is 5.58. The molecule has 86 valence electrons. The van der Waals surface area contributed by atoms with Crippen molar-refractivity contribution in [2.75, 3.05) is 6.54 Å². The number of hydrogen-bond donors (Lipinski definition) is 1. The second-order valence-corrected chi connectivity index (χ2v) is 3.61. The van der Waals surface area contributed by atoms with Gasteiger partial charge in [-0.05, 0) is 25.5 Å². The number of rotatable bonds is 5. The summed E-state index contributed by atoms with van der Waals surface area (Å²) < 4.78 is 0. The second-order valence-electron chi connectivity index (χ2n) is 3.61. The van der Waals surface area contributed by atoms with E-state index in [2.05, 4.69) is 5.32 Å². The highest BCUT2D eigenvalue weighted by Gasteiger charge is 2.12. The first-order valence-electron chi connectivity index (χ1n) is 5.30. The Balaban J connectivity index is 2.89. The lowest BCUT2D eigenvalue weighted by Gasteiger charge is -2.01. The first kappa shape index (κ1) is 12.2. The molecule has 0 saturated carbocycles. The van der Waals surface area contributed by atoms with Crippen LogP contribution in [0, 0.1) is 17.0 Å². The van der Waals surface area contributed by atoms with Crippen molar-refractivity contribution in [3.05, 3.63) is 51.7 Å². The van der Waals surface area contributed by atoms with Gasteiger partial charge in [0.2, 0.25) is 0 Å². The molecule has 0 amide bonds. The highest BCUT2D eigenvalue weighted by Crippen LogP contribution is 2.14. The van der Waals surface area contributed by atoms with Crippen LogP contribution in [-0.2, 0) is 0 Å². The van der Waals surface area contributed by atoms with Crippen LogP contribution in [0.4, 0.5) is 0 Å². The minimum atomic E-state index is -0.368. The van der Waals surface area contributed by atoms with Gasteiger partial charge in [-0.2, -0.15) is 0 Å². The van der Waals surface area contributed by atoms with Gasteiger partial charge in [0.25, 0.3) is 5.70 Å². The fraction of sp³-hybridized carbons (Fsp3) is 0.333. The molecule has 1 aromatic rings. The van der Waals surface area contributed by atoms with Crippen LogP contribution in [0.1, 0.15) is 24.5 Å². The van der Waals surface area contributed by atoms with Crippen LogP contribution in [0.2, 0.25) is 0 Å². The van der Waals surface area contributed by atoms with E-state index in [1.807, 2.05) is 26.0 Å². The van der Waals surface area contributed by atoms with Crippen LogP contribution in [0.3, 0.4) is 0 Å². The summed E-state index contributed by atoms with van der Waals surface area (Å²) in [6.45, 7) is 4.70. The van der Waals surface area contributed by atoms with E-state index in [4.69, 9.17) is 0 Å². The van der Waals surface area contributed by atoms with Crippen LogP contribution >= 0.6 is 0 Å². The third-order valence-corrected chi connectivity index (χ3v) is 2.18. The molecule has 0 bridgehead atoms. The zero-order valence-corrected chi connectivity index (χ0v) is 9.56. The minimum absolute atomic E-state index is 0.105. The van der Waals surface area contributed by atoms with Crippen LogP contribution in [-0.4, -0.2) is 11.5 Å². The number of hydrogen-bond acceptors (Lipinski definition) is 3. The van der Waals surface area contributed by atoms with Crippen molar-refractivity contribution in [1.29, 1.82) is 0 Å². The van der Waals surface area contributed by atoms with Crippen molar-refractivity contribution in [1.82, 2.24) is 5.32 Å². The van der Waals surface area contributed by atoms with Crippen molar-refractivity contribution in [2.45, 2.75) is 20.3 Å². The van der Waals surface area contributed by atoms with E-state index in [9.17, 15) is 10.1 Å². The van der Waals surface area contributed by atoms with Crippen molar-refractivity contribution in [3.63, 3.8) is 0 Å². The van der Waals surface area contributed by atoms with Gasteiger partial charge in [-0.25, -0.2) is 0 Å². The molecule has 0 unspecified atom stereocenters. The summed E-state index contributed by atoms with van der Waals surface area (Å²) in [4.78, 5) is 10.5. The molecule has 4 heteroatoms. The molecule has 0 fully saturated rings. The van der Waals surface area contributed by atoms with Crippen molar-refractivity contribution >= 4 is 5.70 Å². The number of nitrogens with zero attached hydrogens (tertiary/aromatic N) is 1. The van der Waals surface area contributed by atoms with Crippen molar-refractivity contribution in [3.8, 4) is 0 Å². The van der Waals surface area contributed by atoms with E-state index in [0.29, 0.717) is 5.56 Å². The number of nitrogens with one attached hydrogen (secondary N) is 1.